The SMILES string of the molecule is CCCOc1ccc(OCC(=O)N2CCN(c3cccc(C(F)(F)F)c3)CC2)cc1. The number of piperazine rings is 1. The number of ether oxygens (including phenoxy) is 2. The van der Waals surface area contributed by atoms with E-state index < -0.39 is 11.7 Å². The second-order valence-electron chi connectivity index (χ2n) is 7.02. The predicted octanol–water partition coefficient (Wildman–Crippen LogP) is 4.22. The Kier molecular flexibility index (Phi) is 7.07. The van der Waals surface area contributed by atoms with Gasteiger partial charge in [0.05, 0.1) is 12.2 Å². The summed E-state index contributed by atoms with van der Waals surface area (Å²) in [7, 11) is 0. The van der Waals surface area contributed by atoms with Crippen LogP contribution in [0.3, 0.4) is 0 Å². The van der Waals surface area contributed by atoms with Crippen LogP contribution in [0, 0.1) is 0 Å². The molecule has 30 heavy (non-hydrogen) atoms. The summed E-state index contributed by atoms with van der Waals surface area (Å²) >= 11 is 0. The third kappa shape index (κ3) is 5.81. The van der Waals surface area contributed by atoms with E-state index in [9.17, 15) is 18.0 Å². The van der Waals surface area contributed by atoms with Crippen LogP contribution in [-0.4, -0.2) is 50.2 Å². The van der Waals surface area contributed by atoms with Gasteiger partial charge in [-0.2, -0.15) is 13.2 Å². The minimum absolute atomic E-state index is 0.0846. The second kappa shape index (κ2) is 9.73. The van der Waals surface area contributed by atoms with Gasteiger partial charge in [0.25, 0.3) is 5.91 Å². The Labute approximate surface area is 174 Å². The van der Waals surface area contributed by atoms with Gasteiger partial charge in [-0.25, -0.2) is 0 Å². The van der Waals surface area contributed by atoms with Crippen LogP contribution in [0.4, 0.5) is 18.9 Å². The molecule has 2 aromatic rings. The Morgan fingerprint density at radius 1 is 0.967 bits per heavy atom. The number of nitrogens with zero attached hydrogens (tertiary/aromatic N) is 2. The van der Waals surface area contributed by atoms with Crippen LogP contribution in [0.15, 0.2) is 48.5 Å². The largest absolute Gasteiger partial charge is 0.494 e. The van der Waals surface area contributed by atoms with E-state index in [1.807, 2.05) is 11.8 Å². The molecular formula is C22H25F3N2O3. The highest BCUT2D eigenvalue weighted by Crippen LogP contribution is 2.31. The van der Waals surface area contributed by atoms with E-state index in [0.717, 1.165) is 24.3 Å². The van der Waals surface area contributed by atoms with Crippen LogP contribution in [0.1, 0.15) is 18.9 Å². The molecule has 5 nitrogen and oxygen atoms in total. The Hall–Kier alpha value is -2.90. The van der Waals surface area contributed by atoms with E-state index >= 15 is 0 Å². The van der Waals surface area contributed by atoms with Crippen LogP contribution >= 0.6 is 0 Å². The van der Waals surface area contributed by atoms with Gasteiger partial charge in [-0.3, -0.25) is 4.79 Å². The van der Waals surface area contributed by atoms with E-state index in [1.165, 1.54) is 6.07 Å². The minimum atomic E-state index is -4.37. The maximum absolute atomic E-state index is 12.9. The highest BCUT2D eigenvalue weighted by molar-refractivity contribution is 5.78. The Morgan fingerprint density at radius 3 is 2.20 bits per heavy atom. The molecule has 1 saturated heterocycles. The van der Waals surface area contributed by atoms with E-state index in [1.54, 1.807) is 35.2 Å². The van der Waals surface area contributed by atoms with Crippen LogP contribution in [0.5, 0.6) is 11.5 Å². The zero-order valence-electron chi connectivity index (χ0n) is 16.8. The molecule has 0 spiro atoms. The monoisotopic (exact) mass is 422 g/mol. The molecule has 1 heterocycles. The Morgan fingerprint density at radius 2 is 1.60 bits per heavy atom. The van der Waals surface area contributed by atoms with E-state index in [0.29, 0.717) is 44.2 Å². The van der Waals surface area contributed by atoms with Gasteiger partial charge >= 0.3 is 6.18 Å². The van der Waals surface area contributed by atoms with E-state index in [-0.39, 0.29) is 12.5 Å². The average Bonchev–Trinajstić information content (AvgIpc) is 2.76. The first-order valence-electron chi connectivity index (χ1n) is 9.92. The smallest absolute Gasteiger partial charge is 0.416 e. The lowest BCUT2D eigenvalue weighted by molar-refractivity contribution is -0.137. The predicted molar refractivity (Wildman–Crippen MR) is 108 cm³/mol. The molecule has 0 saturated carbocycles. The Bertz CT molecular complexity index is 832. The summed E-state index contributed by atoms with van der Waals surface area (Å²) < 4.78 is 49.8. The van der Waals surface area contributed by atoms with Gasteiger partial charge in [0.2, 0.25) is 0 Å². The number of hydrogen-bond acceptors (Lipinski definition) is 4. The van der Waals surface area contributed by atoms with Crippen molar-refractivity contribution < 1.29 is 27.4 Å². The third-order valence-electron chi connectivity index (χ3n) is 4.83. The fraction of sp³-hybridized carbons (Fsp3) is 0.409. The molecule has 0 N–H and O–H groups in total. The molecule has 0 aromatic heterocycles. The van der Waals surface area contributed by atoms with Crippen molar-refractivity contribution in [2.24, 2.45) is 0 Å². The van der Waals surface area contributed by atoms with Crippen molar-refractivity contribution >= 4 is 11.6 Å². The van der Waals surface area contributed by atoms with Crippen LogP contribution in [0.2, 0.25) is 0 Å². The zero-order valence-corrected chi connectivity index (χ0v) is 16.8. The summed E-state index contributed by atoms with van der Waals surface area (Å²) in [5, 5.41) is 0. The molecule has 1 amide bonds. The maximum atomic E-state index is 12.9. The quantitative estimate of drug-likeness (QED) is 0.670. The topological polar surface area (TPSA) is 42.0 Å². The number of amides is 1. The molecule has 0 radical (unpaired) electrons. The average molecular weight is 422 g/mol. The van der Waals surface area contributed by atoms with Crippen LogP contribution in [-0.2, 0) is 11.0 Å². The third-order valence-corrected chi connectivity index (χ3v) is 4.83. The zero-order chi connectivity index (χ0) is 21.6. The number of carbonyl (C=O) groups excluding carboxylic acids is 1. The fourth-order valence-corrected chi connectivity index (χ4v) is 3.18. The summed E-state index contributed by atoms with van der Waals surface area (Å²) in [4.78, 5) is 15.9. The summed E-state index contributed by atoms with van der Waals surface area (Å²) in [6.45, 7) is 4.39. The first-order chi connectivity index (χ1) is 14.4. The molecular weight excluding hydrogens is 397 g/mol. The Balaban J connectivity index is 1.47. The minimum Gasteiger partial charge on any atom is -0.494 e. The number of alkyl halides is 3. The van der Waals surface area contributed by atoms with E-state index in [2.05, 4.69) is 0 Å². The molecule has 8 heteroatoms. The van der Waals surface area contributed by atoms with Crippen molar-refractivity contribution in [2.75, 3.05) is 44.3 Å². The van der Waals surface area contributed by atoms with Gasteiger partial charge in [0.15, 0.2) is 6.61 Å². The van der Waals surface area contributed by atoms with Crippen molar-refractivity contribution in [3.63, 3.8) is 0 Å². The van der Waals surface area contributed by atoms with Crippen LogP contribution < -0.4 is 14.4 Å². The molecule has 1 aliphatic rings. The summed E-state index contributed by atoms with van der Waals surface area (Å²) in [6.07, 6.45) is -3.45. The number of rotatable bonds is 7. The number of benzene rings is 2. The molecule has 162 valence electrons. The van der Waals surface area contributed by atoms with Gasteiger partial charge in [0.1, 0.15) is 11.5 Å². The number of halogens is 3. The highest BCUT2D eigenvalue weighted by Gasteiger charge is 2.31. The first-order valence-corrected chi connectivity index (χ1v) is 9.92. The molecule has 2 aromatic carbocycles. The molecule has 1 fully saturated rings. The highest BCUT2D eigenvalue weighted by atomic mass is 19.4. The number of anilines is 1. The lowest BCUT2D eigenvalue weighted by Crippen LogP contribution is -2.50. The van der Waals surface area contributed by atoms with Gasteiger partial charge in [-0.1, -0.05) is 13.0 Å². The summed E-state index contributed by atoms with van der Waals surface area (Å²) in [5.74, 6) is 1.18. The first kappa shape index (κ1) is 21.8. The van der Waals surface area contributed by atoms with Crippen molar-refractivity contribution in [1.29, 1.82) is 0 Å². The second-order valence-corrected chi connectivity index (χ2v) is 7.02. The number of hydrogen-bond donors (Lipinski definition) is 0. The summed E-state index contributed by atoms with van der Waals surface area (Å²) in [6, 6.07) is 12.4. The normalized spacial score (nSPS) is 14.5. The molecule has 0 bridgehead atoms. The lowest BCUT2D eigenvalue weighted by atomic mass is 10.1. The van der Waals surface area contributed by atoms with Crippen molar-refractivity contribution in [2.45, 2.75) is 19.5 Å². The number of carbonyl (C=O) groups is 1. The van der Waals surface area contributed by atoms with Crippen molar-refractivity contribution in [3.05, 3.63) is 54.1 Å². The van der Waals surface area contributed by atoms with Crippen LogP contribution in [0.25, 0.3) is 0 Å². The fourth-order valence-electron chi connectivity index (χ4n) is 3.18. The lowest BCUT2D eigenvalue weighted by Gasteiger charge is -2.36. The molecule has 0 aliphatic carbocycles. The van der Waals surface area contributed by atoms with Gasteiger partial charge < -0.3 is 19.3 Å². The van der Waals surface area contributed by atoms with Gasteiger partial charge in [-0.05, 0) is 48.9 Å². The molecule has 0 atom stereocenters. The maximum Gasteiger partial charge on any atom is 0.416 e. The van der Waals surface area contributed by atoms with Gasteiger partial charge in [-0.15, -0.1) is 0 Å². The van der Waals surface area contributed by atoms with Gasteiger partial charge in [0, 0.05) is 31.9 Å². The standard InChI is InChI=1S/C22H25F3N2O3/c1-2-14-29-19-6-8-20(9-7-19)30-16-21(28)27-12-10-26(11-13-27)18-5-3-4-17(15-18)22(23,24)25/h3-9,15H,2,10-14,16H2,1H3. The molecule has 1 aliphatic heterocycles. The summed E-state index contributed by atoms with van der Waals surface area (Å²) in [5.41, 5.74) is -0.156. The molecule has 0 unspecified atom stereocenters. The van der Waals surface area contributed by atoms with Crippen molar-refractivity contribution in [1.82, 2.24) is 4.90 Å². The molecule has 3 rings (SSSR count). The van der Waals surface area contributed by atoms with E-state index in [4.69, 9.17) is 9.47 Å². The van der Waals surface area contributed by atoms with Crippen molar-refractivity contribution in [3.8, 4) is 11.5 Å².